The molecule has 0 heterocycles. The van der Waals surface area contributed by atoms with Gasteiger partial charge in [-0.05, 0) is 24.1 Å². The Bertz CT molecular complexity index is 316. The van der Waals surface area contributed by atoms with Crippen molar-refractivity contribution >= 4 is 11.6 Å². The molecule has 2 nitrogen and oxygen atoms in total. The van der Waals surface area contributed by atoms with E-state index in [2.05, 4.69) is 0 Å². The summed E-state index contributed by atoms with van der Waals surface area (Å²) in [6.07, 6.45) is 2.21. The van der Waals surface area contributed by atoms with Crippen LogP contribution in [0.4, 0.5) is 0 Å². The number of halogens is 1. The van der Waals surface area contributed by atoms with E-state index in [1.54, 1.807) is 0 Å². The second-order valence-electron chi connectivity index (χ2n) is 3.99. The molecule has 0 amide bonds. The molecular formula is C12H18ClNO. The highest BCUT2D eigenvalue weighted by atomic mass is 35.5. The zero-order valence-electron chi connectivity index (χ0n) is 9.04. The van der Waals surface area contributed by atoms with E-state index in [0.29, 0.717) is 11.4 Å². The van der Waals surface area contributed by atoms with Crippen molar-refractivity contribution in [3.8, 4) is 0 Å². The SMILES string of the molecule is CCCC(O)(CN)Cc1cccc(Cl)c1. The van der Waals surface area contributed by atoms with Crippen molar-refractivity contribution in [2.45, 2.75) is 31.8 Å². The summed E-state index contributed by atoms with van der Waals surface area (Å²) in [6.45, 7) is 2.33. The van der Waals surface area contributed by atoms with Gasteiger partial charge in [0.1, 0.15) is 0 Å². The quantitative estimate of drug-likeness (QED) is 0.812. The van der Waals surface area contributed by atoms with Crippen LogP contribution in [0.3, 0.4) is 0 Å². The first-order valence-electron chi connectivity index (χ1n) is 5.26. The van der Waals surface area contributed by atoms with Crippen LogP contribution in [0.15, 0.2) is 24.3 Å². The van der Waals surface area contributed by atoms with E-state index >= 15 is 0 Å². The number of benzene rings is 1. The molecule has 15 heavy (non-hydrogen) atoms. The van der Waals surface area contributed by atoms with Crippen molar-refractivity contribution in [1.82, 2.24) is 0 Å². The monoisotopic (exact) mass is 227 g/mol. The Morgan fingerprint density at radius 3 is 2.73 bits per heavy atom. The number of rotatable bonds is 5. The maximum absolute atomic E-state index is 10.2. The molecule has 3 heteroatoms. The summed E-state index contributed by atoms with van der Waals surface area (Å²) >= 11 is 5.88. The summed E-state index contributed by atoms with van der Waals surface area (Å²) in [7, 11) is 0. The van der Waals surface area contributed by atoms with Gasteiger partial charge in [-0.1, -0.05) is 37.1 Å². The van der Waals surface area contributed by atoms with Gasteiger partial charge in [0.15, 0.2) is 0 Å². The van der Waals surface area contributed by atoms with E-state index in [-0.39, 0.29) is 6.54 Å². The highest BCUT2D eigenvalue weighted by Crippen LogP contribution is 2.20. The molecule has 3 N–H and O–H groups in total. The van der Waals surface area contributed by atoms with Gasteiger partial charge in [0.25, 0.3) is 0 Å². The van der Waals surface area contributed by atoms with Crippen molar-refractivity contribution in [3.05, 3.63) is 34.9 Å². The summed E-state index contributed by atoms with van der Waals surface area (Å²) < 4.78 is 0. The van der Waals surface area contributed by atoms with Crippen LogP contribution in [-0.4, -0.2) is 17.3 Å². The third kappa shape index (κ3) is 3.82. The molecule has 1 atom stereocenters. The molecular weight excluding hydrogens is 210 g/mol. The molecule has 0 spiro atoms. The van der Waals surface area contributed by atoms with E-state index in [4.69, 9.17) is 17.3 Å². The zero-order chi connectivity index (χ0) is 11.3. The molecule has 0 saturated carbocycles. The van der Waals surface area contributed by atoms with Crippen molar-refractivity contribution in [1.29, 1.82) is 0 Å². The molecule has 0 saturated heterocycles. The fraction of sp³-hybridized carbons (Fsp3) is 0.500. The van der Waals surface area contributed by atoms with Crippen LogP contribution in [0, 0.1) is 0 Å². The molecule has 0 bridgehead atoms. The van der Waals surface area contributed by atoms with E-state index in [0.717, 1.165) is 18.4 Å². The normalized spacial score (nSPS) is 14.9. The lowest BCUT2D eigenvalue weighted by Crippen LogP contribution is -2.39. The average Bonchev–Trinajstić information content (AvgIpc) is 2.18. The Morgan fingerprint density at radius 2 is 2.20 bits per heavy atom. The minimum atomic E-state index is -0.792. The Kier molecular flexibility index (Phi) is 4.58. The van der Waals surface area contributed by atoms with Gasteiger partial charge in [0.2, 0.25) is 0 Å². The third-order valence-electron chi connectivity index (χ3n) is 2.52. The predicted octanol–water partition coefficient (Wildman–Crippen LogP) is 2.37. The molecule has 0 aliphatic carbocycles. The van der Waals surface area contributed by atoms with E-state index in [9.17, 15) is 5.11 Å². The lowest BCUT2D eigenvalue weighted by molar-refractivity contribution is 0.0399. The van der Waals surface area contributed by atoms with Gasteiger partial charge < -0.3 is 10.8 Å². The molecule has 0 aliphatic rings. The summed E-state index contributed by atoms with van der Waals surface area (Å²) in [5, 5.41) is 10.9. The minimum absolute atomic E-state index is 0.285. The topological polar surface area (TPSA) is 46.2 Å². The molecule has 1 aromatic carbocycles. The lowest BCUT2D eigenvalue weighted by atomic mass is 9.90. The van der Waals surface area contributed by atoms with Crippen LogP contribution in [0.2, 0.25) is 5.02 Å². The Morgan fingerprint density at radius 1 is 1.47 bits per heavy atom. The van der Waals surface area contributed by atoms with Crippen LogP contribution >= 0.6 is 11.6 Å². The van der Waals surface area contributed by atoms with Gasteiger partial charge in [-0.3, -0.25) is 0 Å². The maximum atomic E-state index is 10.2. The fourth-order valence-corrected chi connectivity index (χ4v) is 1.97. The van der Waals surface area contributed by atoms with E-state index in [1.165, 1.54) is 0 Å². The van der Waals surface area contributed by atoms with E-state index < -0.39 is 5.60 Å². The van der Waals surface area contributed by atoms with Gasteiger partial charge in [-0.15, -0.1) is 0 Å². The summed E-state index contributed by atoms with van der Waals surface area (Å²) in [5.74, 6) is 0. The fourth-order valence-electron chi connectivity index (χ4n) is 1.75. The van der Waals surface area contributed by atoms with E-state index in [1.807, 2.05) is 31.2 Å². The Balaban J connectivity index is 2.74. The summed E-state index contributed by atoms with van der Waals surface area (Å²) in [4.78, 5) is 0. The number of nitrogens with two attached hydrogens (primary N) is 1. The lowest BCUT2D eigenvalue weighted by Gasteiger charge is -2.26. The number of aliphatic hydroxyl groups is 1. The second-order valence-corrected chi connectivity index (χ2v) is 4.42. The Labute approximate surface area is 96.1 Å². The van der Waals surface area contributed by atoms with Crippen LogP contribution in [0.25, 0.3) is 0 Å². The summed E-state index contributed by atoms with van der Waals surface area (Å²) in [5.41, 5.74) is 5.84. The molecule has 1 aromatic rings. The van der Waals surface area contributed by atoms with Gasteiger partial charge in [0.05, 0.1) is 5.60 Å². The van der Waals surface area contributed by atoms with Gasteiger partial charge in [0, 0.05) is 18.0 Å². The van der Waals surface area contributed by atoms with Gasteiger partial charge >= 0.3 is 0 Å². The predicted molar refractivity (Wildman–Crippen MR) is 64.1 cm³/mol. The van der Waals surface area contributed by atoms with Gasteiger partial charge in [-0.25, -0.2) is 0 Å². The molecule has 1 rings (SSSR count). The summed E-state index contributed by atoms with van der Waals surface area (Å²) in [6, 6.07) is 7.55. The van der Waals surface area contributed by atoms with Crippen molar-refractivity contribution in [2.24, 2.45) is 5.73 Å². The molecule has 0 aromatic heterocycles. The average molecular weight is 228 g/mol. The van der Waals surface area contributed by atoms with Crippen molar-refractivity contribution < 1.29 is 5.11 Å². The second kappa shape index (κ2) is 5.50. The molecule has 0 fully saturated rings. The zero-order valence-corrected chi connectivity index (χ0v) is 9.80. The van der Waals surface area contributed by atoms with Crippen molar-refractivity contribution in [2.75, 3.05) is 6.54 Å². The highest BCUT2D eigenvalue weighted by Gasteiger charge is 2.24. The molecule has 0 aliphatic heterocycles. The molecule has 0 radical (unpaired) electrons. The maximum Gasteiger partial charge on any atom is 0.0809 e. The minimum Gasteiger partial charge on any atom is -0.388 e. The van der Waals surface area contributed by atoms with Crippen LogP contribution in [0.5, 0.6) is 0 Å². The van der Waals surface area contributed by atoms with Crippen LogP contribution in [-0.2, 0) is 6.42 Å². The third-order valence-corrected chi connectivity index (χ3v) is 2.75. The number of hydrogen-bond donors (Lipinski definition) is 2. The first-order valence-corrected chi connectivity index (χ1v) is 5.64. The molecule has 1 unspecified atom stereocenters. The first kappa shape index (κ1) is 12.5. The van der Waals surface area contributed by atoms with Gasteiger partial charge in [-0.2, -0.15) is 0 Å². The van der Waals surface area contributed by atoms with Crippen LogP contribution in [0.1, 0.15) is 25.3 Å². The highest BCUT2D eigenvalue weighted by molar-refractivity contribution is 6.30. The van der Waals surface area contributed by atoms with Crippen molar-refractivity contribution in [3.63, 3.8) is 0 Å². The first-order chi connectivity index (χ1) is 7.09. The molecule has 84 valence electrons. The number of hydrogen-bond acceptors (Lipinski definition) is 2. The largest absolute Gasteiger partial charge is 0.388 e. The Hall–Kier alpha value is -0.570. The standard InChI is InChI=1S/C12H18ClNO/c1-2-6-12(15,9-14)8-10-4-3-5-11(13)7-10/h3-5,7,15H,2,6,8-9,14H2,1H3. The smallest absolute Gasteiger partial charge is 0.0809 e. The van der Waals surface area contributed by atoms with Crippen LogP contribution < -0.4 is 5.73 Å².